The number of amides is 1. The summed E-state index contributed by atoms with van der Waals surface area (Å²) in [5.41, 5.74) is 1.12. The normalized spacial score (nSPS) is 11.2. The smallest absolute Gasteiger partial charge is 0.296 e. The number of hydrogen-bond donors (Lipinski definition) is 2. The average Bonchev–Trinajstić information content (AvgIpc) is 2.18. The van der Waals surface area contributed by atoms with Gasteiger partial charge in [-0.1, -0.05) is 6.07 Å². The predicted molar refractivity (Wildman–Crippen MR) is 69.7 cm³/mol. The largest absolute Gasteiger partial charge is 0.324 e. The third kappa shape index (κ3) is 4.15. The fourth-order valence-electron chi connectivity index (χ4n) is 1.70. The molecule has 0 aliphatic rings. The molecule has 0 aromatic heterocycles. The summed E-state index contributed by atoms with van der Waals surface area (Å²) in [6, 6.07) is 2.92. The Hall–Kier alpha value is -1.73. The maximum atomic E-state index is 11.5. The van der Waals surface area contributed by atoms with E-state index in [2.05, 4.69) is 5.32 Å². The van der Waals surface area contributed by atoms with Crippen molar-refractivity contribution >= 4 is 27.5 Å². The van der Waals surface area contributed by atoms with Crippen LogP contribution in [0.5, 0.6) is 0 Å². The van der Waals surface area contributed by atoms with Crippen molar-refractivity contribution in [3.05, 3.63) is 23.3 Å². The molecule has 7 heteroatoms. The highest BCUT2D eigenvalue weighted by molar-refractivity contribution is 7.86. The van der Waals surface area contributed by atoms with Crippen molar-refractivity contribution in [2.75, 3.05) is 5.32 Å². The van der Waals surface area contributed by atoms with Crippen molar-refractivity contribution in [1.82, 2.24) is 0 Å². The minimum atomic E-state index is -4.45. The van der Waals surface area contributed by atoms with Crippen LogP contribution >= 0.6 is 0 Å². The molecule has 0 saturated carbocycles. The molecule has 19 heavy (non-hydrogen) atoms. The lowest BCUT2D eigenvalue weighted by atomic mass is 10.1. The van der Waals surface area contributed by atoms with Gasteiger partial charge < -0.3 is 5.32 Å². The summed E-state index contributed by atoms with van der Waals surface area (Å²) in [7, 11) is -4.45. The lowest BCUT2D eigenvalue weighted by Gasteiger charge is -2.13. The average molecular weight is 285 g/mol. The maximum absolute atomic E-state index is 11.5. The molecule has 6 nitrogen and oxygen atoms in total. The lowest BCUT2D eigenvalue weighted by molar-refractivity contribution is -0.124. The predicted octanol–water partition coefficient (Wildman–Crippen LogP) is 1.47. The molecule has 1 amide bonds. The van der Waals surface area contributed by atoms with Crippen LogP contribution in [-0.2, 0) is 19.7 Å². The second-order valence-electron chi connectivity index (χ2n) is 4.36. The molecule has 0 saturated heterocycles. The van der Waals surface area contributed by atoms with Crippen molar-refractivity contribution in [3.63, 3.8) is 0 Å². The van der Waals surface area contributed by atoms with Gasteiger partial charge in [0.25, 0.3) is 10.1 Å². The van der Waals surface area contributed by atoms with Crippen molar-refractivity contribution in [3.8, 4) is 0 Å². The van der Waals surface area contributed by atoms with E-state index in [4.69, 9.17) is 4.55 Å². The molecule has 0 fully saturated rings. The van der Waals surface area contributed by atoms with Gasteiger partial charge in [0.2, 0.25) is 5.91 Å². The van der Waals surface area contributed by atoms with Gasteiger partial charge in [0, 0.05) is 0 Å². The van der Waals surface area contributed by atoms with Gasteiger partial charge in [0.15, 0.2) is 0 Å². The fraction of sp³-hybridized carbons (Fsp3) is 0.333. The molecular weight excluding hydrogens is 270 g/mol. The van der Waals surface area contributed by atoms with E-state index < -0.39 is 16.0 Å². The highest BCUT2D eigenvalue weighted by Crippen LogP contribution is 2.27. The molecular formula is C12H15NO5S. The van der Waals surface area contributed by atoms with Gasteiger partial charge in [-0.05, 0) is 38.0 Å². The second-order valence-corrected chi connectivity index (χ2v) is 5.75. The number of Topliss-reactive ketones (excluding diaryl/α,β-unsaturated/α-hetero) is 1. The number of hydrogen-bond acceptors (Lipinski definition) is 4. The molecule has 0 radical (unpaired) electrons. The zero-order valence-corrected chi connectivity index (χ0v) is 11.7. The van der Waals surface area contributed by atoms with Gasteiger partial charge in [-0.2, -0.15) is 8.42 Å². The van der Waals surface area contributed by atoms with Crippen LogP contribution in [0.15, 0.2) is 17.0 Å². The molecule has 1 aromatic carbocycles. The van der Waals surface area contributed by atoms with E-state index in [1.807, 2.05) is 0 Å². The summed E-state index contributed by atoms with van der Waals surface area (Å²) >= 11 is 0. The summed E-state index contributed by atoms with van der Waals surface area (Å²) < 4.78 is 31.8. The number of rotatable bonds is 4. The molecule has 0 bridgehead atoms. The van der Waals surface area contributed by atoms with Gasteiger partial charge in [0.05, 0.1) is 12.1 Å². The first kappa shape index (κ1) is 15.3. The van der Waals surface area contributed by atoms with Crippen LogP contribution in [0.25, 0.3) is 0 Å². The van der Waals surface area contributed by atoms with Gasteiger partial charge >= 0.3 is 0 Å². The number of aryl methyl sites for hydroxylation is 2. The number of ketones is 1. The van der Waals surface area contributed by atoms with Crippen molar-refractivity contribution in [1.29, 1.82) is 0 Å². The first-order valence-electron chi connectivity index (χ1n) is 5.49. The van der Waals surface area contributed by atoms with E-state index in [1.54, 1.807) is 19.9 Å². The molecule has 1 rings (SSSR count). The molecule has 2 N–H and O–H groups in total. The summed E-state index contributed by atoms with van der Waals surface area (Å²) in [6.45, 7) is 4.53. The first-order valence-corrected chi connectivity index (χ1v) is 6.93. The molecule has 0 unspecified atom stereocenters. The van der Waals surface area contributed by atoms with Gasteiger partial charge in [-0.3, -0.25) is 14.1 Å². The van der Waals surface area contributed by atoms with E-state index >= 15 is 0 Å². The van der Waals surface area contributed by atoms with E-state index in [0.29, 0.717) is 11.1 Å². The number of carbonyl (C=O) groups excluding carboxylic acids is 2. The van der Waals surface area contributed by atoms with Crippen molar-refractivity contribution in [2.45, 2.75) is 32.1 Å². The first-order chi connectivity index (χ1) is 8.61. The highest BCUT2D eigenvalue weighted by Gasteiger charge is 2.20. The summed E-state index contributed by atoms with van der Waals surface area (Å²) in [6.07, 6.45) is -0.349. The molecule has 0 aliphatic heterocycles. The second kappa shape index (κ2) is 5.50. The Morgan fingerprint density at radius 1 is 1.26 bits per heavy atom. The zero-order chi connectivity index (χ0) is 14.8. The molecule has 0 atom stereocenters. The number of nitrogens with one attached hydrogen (secondary N) is 1. The number of carbonyl (C=O) groups is 2. The molecule has 0 aliphatic carbocycles. The Bertz CT molecular complexity index is 634. The molecule has 1 aromatic rings. The number of benzene rings is 1. The van der Waals surface area contributed by atoms with Gasteiger partial charge in [-0.25, -0.2) is 0 Å². The van der Waals surface area contributed by atoms with Crippen molar-refractivity contribution in [2.24, 2.45) is 0 Å². The molecule has 0 heterocycles. The van der Waals surface area contributed by atoms with Crippen LogP contribution in [0.2, 0.25) is 0 Å². The quantitative estimate of drug-likeness (QED) is 0.644. The SMILES string of the molecule is CC(=O)CC(=O)Nc1c(C)cc(C)cc1S(=O)(=O)O. The van der Waals surface area contributed by atoms with Crippen LogP contribution in [0.3, 0.4) is 0 Å². The highest BCUT2D eigenvalue weighted by atomic mass is 32.2. The van der Waals surface area contributed by atoms with Crippen LogP contribution in [0.1, 0.15) is 24.5 Å². The Balaban J connectivity index is 3.27. The van der Waals surface area contributed by atoms with Crippen LogP contribution in [0.4, 0.5) is 5.69 Å². The Morgan fingerprint density at radius 2 is 1.84 bits per heavy atom. The minimum absolute atomic E-state index is 0.000602. The van der Waals surface area contributed by atoms with E-state index in [9.17, 15) is 18.0 Å². The lowest BCUT2D eigenvalue weighted by Crippen LogP contribution is -2.18. The maximum Gasteiger partial charge on any atom is 0.296 e. The third-order valence-corrected chi connectivity index (χ3v) is 3.27. The zero-order valence-electron chi connectivity index (χ0n) is 10.9. The van der Waals surface area contributed by atoms with Crippen LogP contribution in [0, 0.1) is 13.8 Å². The summed E-state index contributed by atoms with van der Waals surface area (Å²) in [5, 5.41) is 2.34. The minimum Gasteiger partial charge on any atom is -0.324 e. The topological polar surface area (TPSA) is 101 Å². The molecule has 0 spiro atoms. The van der Waals surface area contributed by atoms with Crippen LogP contribution < -0.4 is 5.32 Å². The van der Waals surface area contributed by atoms with E-state index in [-0.39, 0.29) is 22.8 Å². The number of anilines is 1. The van der Waals surface area contributed by atoms with E-state index in [0.717, 1.165) is 0 Å². The van der Waals surface area contributed by atoms with Gasteiger partial charge in [0.1, 0.15) is 10.7 Å². The van der Waals surface area contributed by atoms with E-state index in [1.165, 1.54) is 13.0 Å². The van der Waals surface area contributed by atoms with Crippen molar-refractivity contribution < 1.29 is 22.6 Å². The Morgan fingerprint density at radius 3 is 2.32 bits per heavy atom. The monoisotopic (exact) mass is 285 g/mol. The third-order valence-electron chi connectivity index (χ3n) is 2.40. The fourth-order valence-corrected chi connectivity index (χ4v) is 2.51. The van der Waals surface area contributed by atoms with Crippen LogP contribution in [-0.4, -0.2) is 24.7 Å². The molecule has 104 valence electrons. The standard InChI is InChI=1S/C12H15NO5S/c1-7-4-8(2)12(10(5-7)19(16,17)18)13-11(15)6-9(3)14/h4-5H,6H2,1-3H3,(H,13,15)(H,16,17,18). The Kier molecular flexibility index (Phi) is 4.43. The summed E-state index contributed by atoms with van der Waals surface area (Å²) in [5.74, 6) is -0.958. The Labute approximate surface area is 111 Å². The summed E-state index contributed by atoms with van der Waals surface area (Å²) in [4.78, 5) is 22.0. The van der Waals surface area contributed by atoms with Gasteiger partial charge in [-0.15, -0.1) is 0 Å².